The van der Waals surface area contributed by atoms with E-state index in [1.807, 2.05) is 0 Å². The topological polar surface area (TPSA) is 120 Å². The highest BCUT2D eigenvalue weighted by atomic mass is 16.6. The second-order valence-corrected chi connectivity index (χ2v) is 4.60. The van der Waals surface area contributed by atoms with Crippen LogP contribution in [0.1, 0.15) is 5.56 Å². The first kappa shape index (κ1) is 13.8. The molecule has 0 amide bonds. The van der Waals surface area contributed by atoms with Crippen LogP contribution in [0.5, 0.6) is 5.75 Å². The Kier molecular flexibility index (Phi) is 3.04. The van der Waals surface area contributed by atoms with Gasteiger partial charge in [0.2, 0.25) is 0 Å². The van der Waals surface area contributed by atoms with Crippen LogP contribution in [-0.4, -0.2) is 55.4 Å². The number of nitrogens with zero attached hydrogens (tertiary/aromatic N) is 1. The third kappa shape index (κ3) is 1.88. The molecule has 2 rings (SSSR count). The van der Waals surface area contributed by atoms with Gasteiger partial charge in [-0.05, 0) is 26.2 Å². The van der Waals surface area contributed by atoms with Gasteiger partial charge >= 0.3 is 0 Å². The molecule has 7 nitrogen and oxygen atoms in total. The third-order valence-corrected chi connectivity index (χ3v) is 3.15. The van der Waals surface area contributed by atoms with Crippen molar-refractivity contribution in [1.29, 1.82) is 0 Å². The van der Waals surface area contributed by atoms with Gasteiger partial charge in [0.15, 0.2) is 0 Å². The van der Waals surface area contributed by atoms with Crippen molar-refractivity contribution < 1.29 is 25.5 Å². The van der Waals surface area contributed by atoms with E-state index in [1.165, 1.54) is 26.4 Å². The molecular formula is C12H16N2O5. The van der Waals surface area contributed by atoms with E-state index in [-0.39, 0.29) is 16.7 Å². The molecular weight excluding hydrogens is 252 g/mol. The molecule has 0 fully saturated rings. The van der Waals surface area contributed by atoms with Gasteiger partial charge in [0, 0.05) is 17.3 Å². The zero-order valence-electron chi connectivity index (χ0n) is 10.5. The molecule has 0 spiro atoms. The van der Waals surface area contributed by atoms with Crippen LogP contribution in [0.3, 0.4) is 0 Å². The molecule has 104 valence electrons. The average Bonchev–Trinajstić information content (AvgIpc) is 2.74. The molecule has 2 aromatic rings. The highest BCUT2D eigenvalue weighted by Crippen LogP contribution is 2.38. The maximum Gasteiger partial charge on any atom is 0.286 e. The summed E-state index contributed by atoms with van der Waals surface area (Å²) in [6, 6.07) is 4.55. The summed E-state index contributed by atoms with van der Waals surface area (Å²) >= 11 is 0. The van der Waals surface area contributed by atoms with Gasteiger partial charge in [0.1, 0.15) is 5.75 Å². The number of aromatic amines is 1. The van der Waals surface area contributed by atoms with Crippen LogP contribution < -0.4 is 0 Å². The molecule has 1 heterocycles. The van der Waals surface area contributed by atoms with E-state index in [0.717, 1.165) is 4.90 Å². The maximum absolute atomic E-state index is 10.1. The lowest BCUT2D eigenvalue weighted by molar-refractivity contribution is -0.413. The minimum absolute atomic E-state index is 0.113. The fourth-order valence-corrected chi connectivity index (χ4v) is 1.93. The van der Waals surface area contributed by atoms with Crippen molar-refractivity contribution in [1.82, 2.24) is 9.88 Å². The second kappa shape index (κ2) is 4.19. The predicted octanol–water partition coefficient (Wildman–Crippen LogP) is -0.789. The standard InChI is InChI=1S/C12H16N2O5/c1-14(2)12(18,19)11(16,17)7-6-13-8-4-3-5-9(15)10(7)8/h3-6,13,15-19H,1-2H3. The molecule has 0 bridgehead atoms. The van der Waals surface area contributed by atoms with E-state index in [4.69, 9.17) is 0 Å². The van der Waals surface area contributed by atoms with Crippen molar-refractivity contribution >= 4 is 10.9 Å². The van der Waals surface area contributed by atoms with Crippen molar-refractivity contribution in [3.63, 3.8) is 0 Å². The molecule has 0 saturated heterocycles. The summed E-state index contributed by atoms with van der Waals surface area (Å²) in [5.74, 6) is -6.12. The Hall–Kier alpha value is -1.64. The first-order valence-electron chi connectivity index (χ1n) is 5.56. The molecule has 0 unspecified atom stereocenters. The van der Waals surface area contributed by atoms with E-state index in [1.54, 1.807) is 12.1 Å². The zero-order chi connectivity index (χ0) is 14.4. The monoisotopic (exact) mass is 268 g/mol. The number of phenols is 1. The SMILES string of the molecule is CN(C)C(O)(O)C(O)(O)c1c[nH]c2cccc(O)c12. The van der Waals surface area contributed by atoms with Gasteiger partial charge in [-0.3, -0.25) is 4.90 Å². The van der Waals surface area contributed by atoms with Crippen molar-refractivity contribution in [3.8, 4) is 5.75 Å². The molecule has 6 N–H and O–H groups in total. The number of aromatic nitrogens is 1. The number of hydrogen-bond acceptors (Lipinski definition) is 6. The quantitative estimate of drug-likeness (QED) is 0.406. The van der Waals surface area contributed by atoms with Gasteiger partial charge in [0.25, 0.3) is 11.7 Å². The second-order valence-electron chi connectivity index (χ2n) is 4.60. The highest BCUT2D eigenvalue weighted by molar-refractivity contribution is 5.89. The van der Waals surface area contributed by atoms with Crippen LogP contribution in [0.25, 0.3) is 10.9 Å². The number of phenolic OH excluding ortho intramolecular Hbond substituents is 1. The summed E-state index contributed by atoms with van der Waals surface area (Å²) in [6.45, 7) is 0. The van der Waals surface area contributed by atoms with E-state index >= 15 is 0 Å². The average molecular weight is 268 g/mol. The Balaban J connectivity index is 2.68. The number of H-pyrrole nitrogens is 1. The van der Waals surface area contributed by atoms with Crippen molar-refractivity contribution in [2.75, 3.05) is 14.1 Å². The predicted molar refractivity (Wildman–Crippen MR) is 66.9 cm³/mol. The molecule has 1 aromatic carbocycles. The molecule has 1 aromatic heterocycles. The summed E-state index contributed by atoms with van der Waals surface area (Å²) in [4.78, 5) is 3.56. The Labute approximate surface area is 109 Å². The first-order valence-corrected chi connectivity index (χ1v) is 5.56. The molecule has 0 radical (unpaired) electrons. The lowest BCUT2D eigenvalue weighted by Crippen LogP contribution is -2.60. The number of aromatic hydroxyl groups is 1. The van der Waals surface area contributed by atoms with Gasteiger partial charge in [-0.2, -0.15) is 0 Å². The summed E-state index contributed by atoms with van der Waals surface area (Å²) in [5.41, 5.74) is 0.205. The minimum Gasteiger partial charge on any atom is -0.507 e. The molecule has 0 atom stereocenters. The lowest BCUT2D eigenvalue weighted by atomic mass is 10.00. The van der Waals surface area contributed by atoms with Crippen LogP contribution in [-0.2, 0) is 5.79 Å². The molecule has 19 heavy (non-hydrogen) atoms. The van der Waals surface area contributed by atoms with E-state index < -0.39 is 11.7 Å². The van der Waals surface area contributed by atoms with Gasteiger partial charge in [-0.1, -0.05) is 6.07 Å². The van der Waals surface area contributed by atoms with Gasteiger partial charge in [-0.25, -0.2) is 0 Å². The first-order chi connectivity index (χ1) is 8.69. The van der Waals surface area contributed by atoms with Crippen molar-refractivity contribution in [2.45, 2.75) is 11.7 Å². The van der Waals surface area contributed by atoms with Crippen LogP contribution in [0, 0.1) is 0 Å². The molecule has 7 heteroatoms. The summed E-state index contributed by atoms with van der Waals surface area (Å²) in [5, 5.41) is 49.7. The lowest BCUT2D eigenvalue weighted by Gasteiger charge is -2.38. The molecule has 0 aliphatic carbocycles. The van der Waals surface area contributed by atoms with Gasteiger partial charge in [0.05, 0.1) is 5.39 Å². The number of nitrogens with one attached hydrogen (secondary N) is 1. The Morgan fingerprint density at radius 3 is 2.32 bits per heavy atom. The van der Waals surface area contributed by atoms with Crippen LogP contribution in [0.4, 0.5) is 0 Å². The van der Waals surface area contributed by atoms with E-state index in [0.29, 0.717) is 5.52 Å². The Morgan fingerprint density at radius 2 is 1.74 bits per heavy atom. The van der Waals surface area contributed by atoms with Gasteiger partial charge in [-0.15, -0.1) is 0 Å². The van der Waals surface area contributed by atoms with Crippen LogP contribution >= 0.6 is 0 Å². The minimum atomic E-state index is -2.99. The summed E-state index contributed by atoms with van der Waals surface area (Å²) in [7, 11) is 2.55. The molecule has 0 aliphatic heterocycles. The summed E-state index contributed by atoms with van der Waals surface area (Å²) in [6.07, 6.45) is 1.20. The van der Waals surface area contributed by atoms with Crippen molar-refractivity contribution in [2.24, 2.45) is 0 Å². The third-order valence-electron chi connectivity index (χ3n) is 3.15. The summed E-state index contributed by atoms with van der Waals surface area (Å²) < 4.78 is 0. The Bertz CT molecular complexity index is 603. The molecule has 0 aliphatic rings. The van der Waals surface area contributed by atoms with E-state index in [9.17, 15) is 25.5 Å². The fraction of sp³-hybridized carbons (Fsp3) is 0.333. The van der Waals surface area contributed by atoms with E-state index in [2.05, 4.69) is 4.98 Å². The normalized spacial score (nSPS) is 13.4. The Morgan fingerprint density at radius 1 is 1.11 bits per heavy atom. The zero-order valence-corrected chi connectivity index (χ0v) is 10.5. The maximum atomic E-state index is 10.1. The highest BCUT2D eigenvalue weighted by Gasteiger charge is 2.52. The number of fused-ring (bicyclic) bond motifs is 1. The fourth-order valence-electron chi connectivity index (χ4n) is 1.93. The smallest absolute Gasteiger partial charge is 0.286 e. The number of rotatable bonds is 3. The number of aliphatic hydroxyl groups is 4. The van der Waals surface area contributed by atoms with Gasteiger partial charge < -0.3 is 30.5 Å². The van der Waals surface area contributed by atoms with Crippen LogP contribution in [0.2, 0.25) is 0 Å². The number of hydrogen-bond donors (Lipinski definition) is 6. The van der Waals surface area contributed by atoms with Crippen molar-refractivity contribution in [3.05, 3.63) is 30.0 Å². The number of benzene rings is 1. The van der Waals surface area contributed by atoms with Crippen LogP contribution in [0.15, 0.2) is 24.4 Å². The largest absolute Gasteiger partial charge is 0.507 e. The number of likely N-dealkylation sites (N-methyl/N-ethyl adjacent to an activating group) is 1. The molecule has 0 saturated carbocycles.